The zero-order valence-corrected chi connectivity index (χ0v) is 15.6. The molecule has 3 fully saturated rings. The molecule has 7 nitrogen and oxygen atoms in total. The molecule has 0 aromatic rings. The normalized spacial score (nSPS) is 36.3. The maximum atomic E-state index is 13.0. The Balaban J connectivity index is 2.06. The Morgan fingerprint density at radius 2 is 2.00 bits per heavy atom. The first kappa shape index (κ1) is 19.3. The van der Waals surface area contributed by atoms with Crippen LogP contribution in [-0.4, -0.2) is 42.1 Å². The van der Waals surface area contributed by atoms with Gasteiger partial charge in [0.25, 0.3) is 0 Å². The molecule has 1 spiro atoms. The third-order valence-corrected chi connectivity index (χ3v) is 8.78. The third-order valence-electron chi connectivity index (χ3n) is 6.88. The second-order valence-corrected chi connectivity index (χ2v) is 10.3. The van der Waals surface area contributed by atoms with E-state index in [0.29, 0.717) is 17.1 Å². The fourth-order valence-corrected chi connectivity index (χ4v) is 8.06. The van der Waals surface area contributed by atoms with Crippen LogP contribution in [0.1, 0.15) is 46.5 Å². The lowest BCUT2D eigenvalue weighted by molar-refractivity contribution is -0.160. The Hall–Kier alpha value is -1.48. The van der Waals surface area contributed by atoms with Gasteiger partial charge >= 0.3 is 6.18 Å². The van der Waals surface area contributed by atoms with Crippen molar-refractivity contribution in [2.45, 2.75) is 64.2 Å². The summed E-state index contributed by atoms with van der Waals surface area (Å²) in [7, 11) is -4.08. The summed E-state index contributed by atoms with van der Waals surface area (Å²) in [6.07, 6.45) is -4.58. The molecule has 3 rings (SSSR count). The van der Waals surface area contributed by atoms with E-state index in [1.54, 1.807) is 0 Å². The van der Waals surface area contributed by atoms with Crippen LogP contribution in [-0.2, 0) is 14.8 Å². The van der Waals surface area contributed by atoms with Gasteiger partial charge in [0.05, 0.1) is 18.2 Å². The first-order valence-electron chi connectivity index (χ1n) is 8.40. The molecule has 1 saturated heterocycles. The van der Waals surface area contributed by atoms with E-state index in [2.05, 4.69) is 10.0 Å². The molecule has 3 aliphatic rings. The van der Waals surface area contributed by atoms with Gasteiger partial charge in [0.2, 0.25) is 15.9 Å². The lowest BCUT2D eigenvalue weighted by Gasteiger charge is -2.38. The van der Waals surface area contributed by atoms with Crippen molar-refractivity contribution in [2.75, 3.05) is 5.75 Å². The molecule has 4 atom stereocenters. The van der Waals surface area contributed by atoms with E-state index in [9.17, 15) is 26.4 Å². The Kier molecular flexibility index (Phi) is 3.92. The minimum atomic E-state index is -4.78. The van der Waals surface area contributed by atoms with E-state index >= 15 is 0 Å². The fourth-order valence-electron chi connectivity index (χ4n) is 5.44. The minimum absolute atomic E-state index is 0.214. The molecular formula is C15H21F3N4O3S. The standard InChI is InChI=1S/C15H21F3N4O3S/c1-12(2)9-4-5-14(12)8-26(24,25)22(10(14)6-9)11(23)13(3,20-21-19)7-15(16,17)18/h9-10H,4-8H2,1-3H3/t9-,10-,13+,14-/m1/s1. The van der Waals surface area contributed by atoms with Crippen molar-refractivity contribution in [3.8, 4) is 0 Å². The number of carbonyl (C=O) groups is 1. The molecule has 0 unspecified atom stereocenters. The third kappa shape index (κ3) is 2.43. The van der Waals surface area contributed by atoms with E-state index in [0.717, 1.165) is 13.3 Å². The SMILES string of the molecule is CC1(C)[C@@H]2CC[C@]13CS(=O)(=O)N(C(=O)[C@](C)(CC(F)(F)F)N=[N+]=[N-])[C@@H]3C2. The minimum Gasteiger partial charge on any atom is -0.273 e. The van der Waals surface area contributed by atoms with E-state index in [-0.39, 0.29) is 17.1 Å². The van der Waals surface area contributed by atoms with Gasteiger partial charge in [-0.2, -0.15) is 13.2 Å². The summed E-state index contributed by atoms with van der Waals surface area (Å²) < 4.78 is 65.1. The van der Waals surface area contributed by atoms with E-state index < -0.39 is 45.5 Å². The number of sulfonamides is 1. The summed E-state index contributed by atoms with van der Waals surface area (Å²) >= 11 is 0. The number of azide groups is 1. The molecule has 0 aromatic heterocycles. The van der Waals surface area contributed by atoms with Gasteiger partial charge < -0.3 is 0 Å². The van der Waals surface area contributed by atoms with E-state index in [4.69, 9.17) is 5.53 Å². The van der Waals surface area contributed by atoms with Crippen molar-refractivity contribution in [3.63, 3.8) is 0 Å². The summed E-state index contributed by atoms with van der Waals surface area (Å²) in [5, 5.41) is 3.07. The van der Waals surface area contributed by atoms with Crippen molar-refractivity contribution >= 4 is 15.9 Å². The smallest absolute Gasteiger partial charge is 0.273 e. The predicted octanol–water partition coefficient (Wildman–Crippen LogP) is 3.37. The summed E-state index contributed by atoms with van der Waals surface area (Å²) in [5.74, 6) is -1.32. The lowest BCUT2D eigenvalue weighted by Crippen LogP contribution is -2.52. The first-order chi connectivity index (χ1) is 11.7. The second kappa shape index (κ2) is 5.28. The van der Waals surface area contributed by atoms with Gasteiger partial charge in [0.15, 0.2) is 0 Å². The van der Waals surface area contributed by atoms with Gasteiger partial charge in [0.1, 0.15) is 5.54 Å². The second-order valence-electron chi connectivity index (χ2n) is 8.48. The molecule has 11 heteroatoms. The Labute approximate surface area is 149 Å². The van der Waals surface area contributed by atoms with Crippen LogP contribution in [0.4, 0.5) is 13.2 Å². The summed E-state index contributed by atoms with van der Waals surface area (Å²) in [4.78, 5) is 15.3. The molecule has 26 heavy (non-hydrogen) atoms. The van der Waals surface area contributed by atoms with E-state index in [1.165, 1.54) is 0 Å². The molecule has 0 N–H and O–H groups in total. The number of nitrogens with zero attached hydrogens (tertiary/aromatic N) is 4. The highest BCUT2D eigenvalue weighted by molar-refractivity contribution is 7.90. The molecule has 146 valence electrons. The number of fused-ring (bicyclic) bond motifs is 1. The largest absolute Gasteiger partial charge is 0.390 e. The zero-order chi connectivity index (χ0) is 19.8. The highest BCUT2D eigenvalue weighted by Crippen LogP contribution is 2.70. The molecule has 1 heterocycles. The molecule has 1 amide bonds. The Bertz CT molecular complexity index is 805. The quantitative estimate of drug-likeness (QED) is 0.416. The Morgan fingerprint density at radius 3 is 2.50 bits per heavy atom. The lowest BCUT2D eigenvalue weighted by atomic mass is 9.69. The van der Waals surface area contributed by atoms with Gasteiger partial charge in [-0.15, -0.1) is 0 Å². The van der Waals surface area contributed by atoms with Gasteiger partial charge in [-0.3, -0.25) is 4.79 Å². The van der Waals surface area contributed by atoms with Crippen LogP contribution in [0.25, 0.3) is 10.4 Å². The van der Waals surface area contributed by atoms with Crippen LogP contribution in [0, 0.1) is 16.7 Å². The van der Waals surface area contributed by atoms with Crippen LogP contribution in [0.3, 0.4) is 0 Å². The monoisotopic (exact) mass is 394 g/mol. The van der Waals surface area contributed by atoms with Crippen LogP contribution in [0.2, 0.25) is 0 Å². The maximum absolute atomic E-state index is 13.0. The molecule has 0 radical (unpaired) electrons. The number of carbonyl (C=O) groups excluding carboxylic acids is 1. The predicted molar refractivity (Wildman–Crippen MR) is 86.2 cm³/mol. The highest BCUT2D eigenvalue weighted by Gasteiger charge is 2.73. The van der Waals surface area contributed by atoms with Crippen LogP contribution < -0.4 is 0 Å². The summed E-state index contributed by atoms with van der Waals surface area (Å²) in [6, 6.07) is -0.671. The molecule has 2 saturated carbocycles. The maximum Gasteiger partial charge on any atom is 0.390 e. The van der Waals surface area contributed by atoms with Crippen molar-refractivity contribution in [3.05, 3.63) is 10.4 Å². The first-order valence-corrected chi connectivity index (χ1v) is 10.0. The average Bonchev–Trinajstić information content (AvgIpc) is 2.91. The number of alkyl halides is 3. The highest BCUT2D eigenvalue weighted by atomic mass is 32.2. The van der Waals surface area contributed by atoms with Gasteiger partial charge in [0, 0.05) is 10.3 Å². The molecule has 2 bridgehead atoms. The average molecular weight is 394 g/mol. The number of amides is 1. The van der Waals surface area contributed by atoms with Crippen molar-refractivity contribution < 1.29 is 26.4 Å². The van der Waals surface area contributed by atoms with E-state index in [1.807, 2.05) is 13.8 Å². The number of rotatable bonds is 3. The van der Waals surface area contributed by atoms with Gasteiger partial charge in [-0.1, -0.05) is 19.0 Å². The molecule has 1 aliphatic heterocycles. The zero-order valence-electron chi connectivity index (χ0n) is 14.7. The fraction of sp³-hybridized carbons (Fsp3) is 0.933. The number of hydrogen-bond acceptors (Lipinski definition) is 4. The van der Waals surface area contributed by atoms with Crippen molar-refractivity contribution in [1.29, 1.82) is 0 Å². The van der Waals surface area contributed by atoms with Crippen LogP contribution in [0.15, 0.2) is 5.11 Å². The van der Waals surface area contributed by atoms with Crippen molar-refractivity contribution in [2.24, 2.45) is 21.9 Å². The van der Waals surface area contributed by atoms with Crippen LogP contribution >= 0.6 is 0 Å². The Morgan fingerprint density at radius 1 is 1.38 bits per heavy atom. The molecule has 0 aromatic carbocycles. The van der Waals surface area contributed by atoms with Crippen molar-refractivity contribution in [1.82, 2.24) is 4.31 Å². The topological polar surface area (TPSA) is 103 Å². The van der Waals surface area contributed by atoms with Gasteiger partial charge in [-0.05, 0) is 43.1 Å². The summed E-state index contributed by atoms with van der Waals surface area (Å²) in [5.41, 5.74) is 5.16. The van der Waals surface area contributed by atoms with Gasteiger partial charge in [-0.25, -0.2) is 12.7 Å². The molecule has 2 aliphatic carbocycles. The van der Waals surface area contributed by atoms with Crippen LogP contribution in [0.5, 0.6) is 0 Å². The summed E-state index contributed by atoms with van der Waals surface area (Å²) in [6.45, 7) is 4.79. The number of halogens is 3. The molecular weight excluding hydrogens is 373 g/mol. The number of hydrogen-bond donors (Lipinski definition) is 0.